The third-order valence-electron chi connectivity index (χ3n) is 3.65. The minimum Gasteiger partial charge on any atom is -0.379 e. The van der Waals surface area contributed by atoms with E-state index >= 15 is 0 Å². The first kappa shape index (κ1) is 9.47. The van der Waals surface area contributed by atoms with Crippen molar-refractivity contribution in [2.45, 2.75) is 32.7 Å². The summed E-state index contributed by atoms with van der Waals surface area (Å²) in [5, 5.41) is 0. The Kier molecular flexibility index (Phi) is 2.89. The van der Waals surface area contributed by atoms with Gasteiger partial charge in [-0.25, -0.2) is 0 Å². The van der Waals surface area contributed by atoms with Gasteiger partial charge >= 0.3 is 0 Å². The zero-order valence-electron chi connectivity index (χ0n) is 8.83. The van der Waals surface area contributed by atoms with Crippen molar-refractivity contribution in [2.75, 3.05) is 26.3 Å². The van der Waals surface area contributed by atoms with Crippen molar-refractivity contribution >= 4 is 0 Å². The van der Waals surface area contributed by atoms with Gasteiger partial charge in [-0.1, -0.05) is 13.8 Å². The molecule has 2 rings (SSSR count). The summed E-state index contributed by atoms with van der Waals surface area (Å²) in [5.74, 6) is 1.88. The zero-order chi connectivity index (χ0) is 9.26. The molecule has 2 fully saturated rings. The lowest BCUT2D eigenvalue weighted by Gasteiger charge is -2.46. The monoisotopic (exact) mass is 183 g/mol. The van der Waals surface area contributed by atoms with Crippen molar-refractivity contribution in [3.05, 3.63) is 0 Å². The number of hydrogen-bond donors (Lipinski definition) is 0. The molecule has 0 aromatic rings. The highest BCUT2D eigenvalue weighted by atomic mass is 16.5. The van der Waals surface area contributed by atoms with Gasteiger partial charge in [-0.05, 0) is 24.7 Å². The van der Waals surface area contributed by atoms with Crippen LogP contribution in [0.5, 0.6) is 0 Å². The summed E-state index contributed by atoms with van der Waals surface area (Å²) in [7, 11) is 0. The van der Waals surface area contributed by atoms with Gasteiger partial charge in [-0.3, -0.25) is 4.90 Å². The molecule has 0 spiro atoms. The molecule has 1 heterocycles. The first-order valence-electron chi connectivity index (χ1n) is 5.59. The molecule has 0 radical (unpaired) electrons. The van der Waals surface area contributed by atoms with Gasteiger partial charge in [0.25, 0.3) is 0 Å². The Bertz CT molecular complexity index is 157. The van der Waals surface area contributed by atoms with E-state index in [2.05, 4.69) is 18.7 Å². The molecule has 0 N–H and O–H groups in total. The molecule has 1 aliphatic heterocycles. The fraction of sp³-hybridized carbons (Fsp3) is 1.00. The first-order valence-corrected chi connectivity index (χ1v) is 5.59. The Morgan fingerprint density at radius 1 is 1.15 bits per heavy atom. The van der Waals surface area contributed by atoms with Crippen LogP contribution in [0.2, 0.25) is 0 Å². The maximum absolute atomic E-state index is 5.35. The van der Waals surface area contributed by atoms with Crippen LogP contribution >= 0.6 is 0 Å². The third-order valence-corrected chi connectivity index (χ3v) is 3.65. The second-order valence-corrected chi connectivity index (χ2v) is 4.78. The Hall–Kier alpha value is -0.0800. The number of rotatable bonds is 2. The lowest BCUT2D eigenvalue weighted by atomic mass is 9.73. The van der Waals surface area contributed by atoms with Crippen molar-refractivity contribution in [3.8, 4) is 0 Å². The molecule has 1 aliphatic carbocycles. The average molecular weight is 183 g/mol. The number of nitrogens with zero attached hydrogens (tertiary/aromatic N) is 1. The van der Waals surface area contributed by atoms with Crippen LogP contribution < -0.4 is 0 Å². The molecule has 0 atom stereocenters. The maximum Gasteiger partial charge on any atom is 0.0594 e. The summed E-state index contributed by atoms with van der Waals surface area (Å²) < 4.78 is 5.35. The zero-order valence-corrected chi connectivity index (χ0v) is 8.83. The van der Waals surface area contributed by atoms with E-state index in [1.54, 1.807) is 0 Å². The van der Waals surface area contributed by atoms with Crippen molar-refractivity contribution in [1.29, 1.82) is 0 Å². The summed E-state index contributed by atoms with van der Waals surface area (Å²) in [4.78, 5) is 2.61. The normalized spacial score (nSPS) is 36.2. The summed E-state index contributed by atoms with van der Waals surface area (Å²) in [6.45, 7) is 8.91. The lowest BCUT2D eigenvalue weighted by Crippen LogP contribution is -2.50. The fourth-order valence-corrected chi connectivity index (χ4v) is 2.41. The molecule has 2 aliphatic rings. The molecule has 76 valence electrons. The van der Waals surface area contributed by atoms with Gasteiger partial charge in [-0.15, -0.1) is 0 Å². The topological polar surface area (TPSA) is 12.5 Å². The average Bonchev–Trinajstić information content (AvgIpc) is 2.02. The van der Waals surface area contributed by atoms with E-state index in [-0.39, 0.29) is 0 Å². The highest BCUT2D eigenvalue weighted by molar-refractivity contribution is 4.89. The van der Waals surface area contributed by atoms with Crippen LogP contribution in [-0.2, 0) is 4.74 Å². The Morgan fingerprint density at radius 3 is 2.31 bits per heavy atom. The van der Waals surface area contributed by atoms with Gasteiger partial charge in [0.1, 0.15) is 0 Å². The van der Waals surface area contributed by atoms with Crippen LogP contribution in [0.25, 0.3) is 0 Å². The highest BCUT2D eigenvalue weighted by Gasteiger charge is 2.35. The Labute approximate surface area is 81.3 Å². The summed E-state index contributed by atoms with van der Waals surface area (Å²) in [6, 6.07) is 0.885. The molecule has 2 heteroatoms. The van der Waals surface area contributed by atoms with E-state index < -0.39 is 0 Å². The predicted octanol–water partition coefficient (Wildman–Crippen LogP) is 1.75. The van der Waals surface area contributed by atoms with Crippen LogP contribution in [-0.4, -0.2) is 37.2 Å². The van der Waals surface area contributed by atoms with Crippen LogP contribution in [0.3, 0.4) is 0 Å². The maximum atomic E-state index is 5.35. The minimum absolute atomic E-state index is 0.885. The molecular weight excluding hydrogens is 162 g/mol. The van der Waals surface area contributed by atoms with Crippen LogP contribution in [0.4, 0.5) is 0 Å². The predicted molar refractivity (Wildman–Crippen MR) is 53.7 cm³/mol. The SMILES string of the molecule is CC(C)C1CC(N2CCOCC2)C1. The molecule has 0 bridgehead atoms. The quantitative estimate of drug-likeness (QED) is 0.646. The van der Waals surface area contributed by atoms with Crippen LogP contribution in [0, 0.1) is 11.8 Å². The lowest BCUT2D eigenvalue weighted by molar-refractivity contribution is -0.0243. The van der Waals surface area contributed by atoms with Gasteiger partial charge in [0.05, 0.1) is 13.2 Å². The minimum atomic E-state index is 0.885. The molecule has 13 heavy (non-hydrogen) atoms. The molecule has 0 aromatic heterocycles. The second kappa shape index (κ2) is 3.97. The van der Waals surface area contributed by atoms with Gasteiger partial charge < -0.3 is 4.74 Å². The largest absolute Gasteiger partial charge is 0.379 e. The Balaban J connectivity index is 1.72. The van der Waals surface area contributed by atoms with E-state index in [1.165, 1.54) is 12.8 Å². The molecule has 0 unspecified atom stereocenters. The van der Waals surface area contributed by atoms with E-state index in [9.17, 15) is 0 Å². The number of morpholine rings is 1. The summed E-state index contributed by atoms with van der Waals surface area (Å²) >= 11 is 0. The van der Waals surface area contributed by atoms with Crippen molar-refractivity contribution in [2.24, 2.45) is 11.8 Å². The van der Waals surface area contributed by atoms with Crippen molar-refractivity contribution in [3.63, 3.8) is 0 Å². The summed E-state index contributed by atoms with van der Waals surface area (Å²) in [6.07, 6.45) is 2.86. The summed E-state index contributed by atoms with van der Waals surface area (Å²) in [5.41, 5.74) is 0. The van der Waals surface area contributed by atoms with Crippen molar-refractivity contribution in [1.82, 2.24) is 4.90 Å². The van der Waals surface area contributed by atoms with Gasteiger partial charge in [-0.2, -0.15) is 0 Å². The van der Waals surface area contributed by atoms with Crippen LogP contribution in [0.1, 0.15) is 26.7 Å². The third kappa shape index (κ3) is 2.05. The molecule has 1 saturated heterocycles. The van der Waals surface area contributed by atoms with Gasteiger partial charge in [0.2, 0.25) is 0 Å². The first-order chi connectivity index (χ1) is 6.27. The van der Waals surface area contributed by atoms with E-state index in [4.69, 9.17) is 4.74 Å². The molecule has 2 nitrogen and oxygen atoms in total. The van der Waals surface area contributed by atoms with E-state index in [0.29, 0.717) is 0 Å². The smallest absolute Gasteiger partial charge is 0.0594 e. The molecule has 0 amide bonds. The fourth-order valence-electron chi connectivity index (χ4n) is 2.41. The molecule has 1 saturated carbocycles. The standard InChI is InChI=1S/C11H21NO/c1-9(2)10-7-11(8-10)12-3-5-13-6-4-12/h9-11H,3-8H2,1-2H3. The van der Waals surface area contributed by atoms with E-state index in [0.717, 1.165) is 44.2 Å². The second-order valence-electron chi connectivity index (χ2n) is 4.78. The Morgan fingerprint density at radius 2 is 1.77 bits per heavy atom. The number of hydrogen-bond acceptors (Lipinski definition) is 2. The molecule has 0 aromatic carbocycles. The van der Waals surface area contributed by atoms with Gasteiger partial charge in [0.15, 0.2) is 0 Å². The van der Waals surface area contributed by atoms with Crippen LogP contribution in [0.15, 0.2) is 0 Å². The van der Waals surface area contributed by atoms with Crippen molar-refractivity contribution < 1.29 is 4.74 Å². The van der Waals surface area contributed by atoms with Gasteiger partial charge in [0, 0.05) is 19.1 Å². The van der Waals surface area contributed by atoms with E-state index in [1.807, 2.05) is 0 Å². The number of ether oxygens (including phenoxy) is 1. The highest BCUT2D eigenvalue weighted by Crippen LogP contribution is 2.36. The molecular formula is C11H21NO.